The highest BCUT2D eigenvalue weighted by molar-refractivity contribution is 5.95. The van der Waals surface area contributed by atoms with Gasteiger partial charge in [-0.15, -0.1) is 0 Å². The summed E-state index contributed by atoms with van der Waals surface area (Å²) < 4.78 is 11.3. The quantitative estimate of drug-likeness (QED) is 0.298. The molecule has 0 aliphatic heterocycles. The number of fused-ring (bicyclic) bond motifs is 1. The lowest BCUT2D eigenvalue weighted by Gasteiger charge is -2.09. The molecule has 0 unspecified atom stereocenters. The molecule has 37 heavy (non-hydrogen) atoms. The standard InChI is InChI=1S/C27H27N5O5/c1-36-23(33)16-29-25-24(19-6-8-20(9-7-19)27(35)37-2)31-22-13-21(10-11-32(22)25)26(34)30-15-18-5-3-4-17(12-18)14-28/h3-13,29H,14-16,28H2,1-2H3,(H,30,34). The number of esters is 2. The average Bonchev–Trinajstić information content (AvgIpc) is 3.31. The van der Waals surface area contributed by atoms with Crippen LogP contribution in [0.25, 0.3) is 16.9 Å². The number of nitrogens with zero attached hydrogens (tertiary/aromatic N) is 2. The topological polar surface area (TPSA) is 137 Å². The molecule has 0 spiro atoms. The van der Waals surface area contributed by atoms with Crippen molar-refractivity contribution < 1.29 is 23.9 Å². The Kier molecular flexibility index (Phi) is 7.80. The third-order valence-electron chi connectivity index (χ3n) is 5.78. The molecule has 0 bridgehead atoms. The number of nitrogens with two attached hydrogens (primary N) is 1. The Morgan fingerprint density at radius 2 is 1.70 bits per heavy atom. The molecule has 2 heterocycles. The first kappa shape index (κ1) is 25.4. The Labute approximate surface area is 213 Å². The Morgan fingerprint density at radius 1 is 0.946 bits per heavy atom. The number of hydrogen-bond acceptors (Lipinski definition) is 8. The van der Waals surface area contributed by atoms with Crippen molar-refractivity contribution in [3.8, 4) is 11.3 Å². The molecule has 0 radical (unpaired) electrons. The van der Waals surface area contributed by atoms with Gasteiger partial charge in [0.15, 0.2) is 0 Å². The minimum atomic E-state index is -0.448. The number of carbonyl (C=O) groups is 3. The number of benzene rings is 2. The summed E-state index contributed by atoms with van der Waals surface area (Å²) in [7, 11) is 2.63. The molecule has 2 aromatic carbocycles. The molecule has 4 N–H and O–H groups in total. The van der Waals surface area contributed by atoms with Crippen LogP contribution in [0.15, 0.2) is 66.9 Å². The van der Waals surface area contributed by atoms with Gasteiger partial charge in [-0.3, -0.25) is 14.0 Å². The van der Waals surface area contributed by atoms with E-state index in [1.54, 1.807) is 47.0 Å². The summed E-state index contributed by atoms with van der Waals surface area (Å²) in [6.07, 6.45) is 1.71. The number of nitrogens with one attached hydrogen (secondary N) is 2. The number of pyridine rings is 1. The number of ether oxygens (including phenoxy) is 2. The van der Waals surface area contributed by atoms with Crippen LogP contribution in [0.2, 0.25) is 0 Å². The van der Waals surface area contributed by atoms with Crippen LogP contribution in [0, 0.1) is 0 Å². The second kappa shape index (κ2) is 11.4. The SMILES string of the molecule is COC(=O)CNc1c(-c2ccc(C(=O)OC)cc2)nc2cc(C(=O)NCc3cccc(CN)c3)ccn12. The molecule has 0 saturated carbocycles. The Hall–Kier alpha value is -4.70. The van der Waals surface area contributed by atoms with Gasteiger partial charge < -0.3 is 25.8 Å². The summed E-state index contributed by atoms with van der Waals surface area (Å²) in [4.78, 5) is 41.2. The Balaban J connectivity index is 1.63. The smallest absolute Gasteiger partial charge is 0.337 e. The van der Waals surface area contributed by atoms with E-state index < -0.39 is 11.9 Å². The van der Waals surface area contributed by atoms with Gasteiger partial charge in [0.1, 0.15) is 23.7 Å². The maximum absolute atomic E-state index is 12.9. The van der Waals surface area contributed by atoms with Crippen LogP contribution in [-0.4, -0.2) is 48.0 Å². The molecule has 0 fully saturated rings. The second-order valence-corrected chi connectivity index (χ2v) is 8.16. The monoisotopic (exact) mass is 501 g/mol. The van der Waals surface area contributed by atoms with E-state index >= 15 is 0 Å². The molecule has 0 saturated heterocycles. The lowest BCUT2D eigenvalue weighted by atomic mass is 10.1. The van der Waals surface area contributed by atoms with Gasteiger partial charge in [0, 0.05) is 30.4 Å². The van der Waals surface area contributed by atoms with Gasteiger partial charge in [-0.05, 0) is 35.4 Å². The van der Waals surface area contributed by atoms with Crippen molar-refractivity contribution in [2.45, 2.75) is 13.1 Å². The highest BCUT2D eigenvalue weighted by atomic mass is 16.5. The number of hydrogen-bond donors (Lipinski definition) is 3. The third-order valence-corrected chi connectivity index (χ3v) is 5.78. The lowest BCUT2D eigenvalue weighted by Crippen LogP contribution is -2.23. The van der Waals surface area contributed by atoms with E-state index in [2.05, 4.69) is 10.6 Å². The third kappa shape index (κ3) is 5.76. The molecule has 10 nitrogen and oxygen atoms in total. The van der Waals surface area contributed by atoms with Crippen molar-refractivity contribution >= 4 is 29.3 Å². The normalized spacial score (nSPS) is 10.7. The lowest BCUT2D eigenvalue weighted by molar-refractivity contribution is -0.138. The predicted molar refractivity (Wildman–Crippen MR) is 138 cm³/mol. The Morgan fingerprint density at radius 3 is 2.41 bits per heavy atom. The molecule has 0 aliphatic rings. The largest absolute Gasteiger partial charge is 0.468 e. The minimum Gasteiger partial charge on any atom is -0.468 e. The molecular formula is C27H27N5O5. The summed E-state index contributed by atoms with van der Waals surface area (Å²) in [5.41, 5.74) is 10.2. The van der Waals surface area contributed by atoms with Crippen LogP contribution in [0.3, 0.4) is 0 Å². The number of imidazole rings is 1. The summed E-state index contributed by atoms with van der Waals surface area (Å²) >= 11 is 0. The zero-order chi connectivity index (χ0) is 26.4. The van der Waals surface area contributed by atoms with Gasteiger partial charge in [-0.25, -0.2) is 9.78 Å². The van der Waals surface area contributed by atoms with Crippen LogP contribution in [0.1, 0.15) is 31.8 Å². The van der Waals surface area contributed by atoms with Crippen molar-refractivity contribution in [2.75, 3.05) is 26.1 Å². The van der Waals surface area contributed by atoms with Crippen molar-refractivity contribution in [2.24, 2.45) is 5.73 Å². The molecule has 2 aromatic heterocycles. The van der Waals surface area contributed by atoms with Crippen LogP contribution in [0.5, 0.6) is 0 Å². The van der Waals surface area contributed by atoms with Crippen molar-refractivity contribution in [3.05, 3.63) is 89.1 Å². The van der Waals surface area contributed by atoms with Gasteiger partial charge in [0.25, 0.3) is 5.91 Å². The van der Waals surface area contributed by atoms with Gasteiger partial charge in [-0.1, -0.05) is 36.4 Å². The highest BCUT2D eigenvalue weighted by Crippen LogP contribution is 2.29. The van der Waals surface area contributed by atoms with Gasteiger partial charge >= 0.3 is 11.9 Å². The molecular weight excluding hydrogens is 474 g/mol. The first-order chi connectivity index (χ1) is 17.9. The van der Waals surface area contributed by atoms with E-state index in [1.807, 2.05) is 24.3 Å². The van der Waals surface area contributed by atoms with Crippen molar-refractivity contribution in [1.29, 1.82) is 0 Å². The first-order valence-electron chi connectivity index (χ1n) is 11.5. The van der Waals surface area contributed by atoms with Crippen LogP contribution in [-0.2, 0) is 27.4 Å². The molecule has 4 rings (SSSR count). The summed E-state index contributed by atoms with van der Waals surface area (Å²) in [5, 5.41) is 5.98. The number of anilines is 1. The number of aromatic nitrogens is 2. The van der Waals surface area contributed by atoms with Crippen LogP contribution < -0.4 is 16.4 Å². The fourth-order valence-corrected chi connectivity index (χ4v) is 3.82. The molecule has 4 aromatic rings. The molecule has 190 valence electrons. The number of methoxy groups -OCH3 is 2. The Bertz CT molecular complexity index is 1450. The molecule has 0 atom stereocenters. The van der Waals surface area contributed by atoms with E-state index in [1.165, 1.54) is 14.2 Å². The minimum absolute atomic E-state index is 0.0817. The van der Waals surface area contributed by atoms with Crippen LogP contribution >= 0.6 is 0 Å². The second-order valence-electron chi connectivity index (χ2n) is 8.16. The number of rotatable bonds is 9. The summed E-state index contributed by atoms with van der Waals surface area (Å²) in [5.74, 6) is -0.610. The molecule has 10 heteroatoms. The van der Waals surface area contributed by atoms with Gasteiger partial charge in [0.05, 0.1) is 19.8 Å². The van der Waals surface area contributed by atoms with Gasteiger partial charge in [-0.2, -0.15) is 0 Å². The zero-order valence-electron chi connectivity index (χ0n) is 20.5. The molecule has 0 aliphatic carbocycles. The average molecular weight is 502 g/mol. The van der Waals surface area contributed by atoms with E-state index in [9.17, 15) is 14.4 Å². The predicted octanol–water partition coefficient (Wildman–Crippen LogP) is 2.76. The van der Waals surface area contributed by atoms with Gasteiger partial charge in [0.2, 0.25) is 0 Å². The van der Waals surface area contributed by atoms with E-state index in [-0.39, 0.29) is 12.5 Å². The molecule has 1 amide bonds. The summed E-state index contributed by atoms with van der Waals surface area (Å²) in [6, 6.07) is 17.8. The maximum Gasteiger partial charge on any atom is 0.337 e. The maximum atomic E-state index is 12.9. The summed E-state index contributed by atoms with van der Waals surface area (Å²) in [6.45, 7) is 0.704. The van der Waals surface area contributed by atoms with Crippen LogP contribution in [0.4, 0.5) is 5.82 Å². The zero-order valence-corrected chi connectivity index (χ0v) is 20.5. The highest BCUT2D eigenvalue weighted by Gasteiger charge is 2.18. The van der Waals surface area contributed by atoms with E-state index in [4.69, 9.17) is 20.2 Å². The number of amides is 1. The van der Waals surface area contributed by atoms with E-state index in [0.717, 1.165) is 11.1 Å². The van der Waals surface area contributed by atoms with Crippen molar-refractivity contribution in [3.63, 3.8) is 0 Å². The van der Waals surface area contributed by atoms with E-state index in [0.29, 0.717) is 46.9 Å². The number of carbonyl (C=O) groups excluding carboxylic acids is 3. The fourth-order valence-electron chi connectivity index (χ4n) is 3.82. The fraction of sp³-hybridized carbons (Fsp3) is 0.185. The van der Waals surface area contributed by atoms with Crippen molar-refractivity contribution in [1.82, 2.24) is 14.7 Å². The first-order valence-corrected chi connectivity index (χ1v) is 11.5.